The number of carbonyl (C=O) groups excluding carboxylic acids is 1. The van der Waals surface area contributed by atoms with Crippen molar-refractivity contribution in [2.45, 2.75) is 4.45 Å². The van der Waals surface area contributed by atoms with E-state index in [1.54, 1.807) is 12.2 Å². The maximum Gasteiger partial charge on any atom is 0.315 e. The molecule has 2 N–H and O–H groups in total. The summed E-state index contributed by atoms with van der Waals surface area (Å²) in [7, 11) is 1.33. The molecule has 2 atom stereocenters. The number of carbonyl (C=O) groups is 1. The Hall–Kier alpha value is -1.10. The lowest BCUT2D eigenvalue weighted by Gasteiger charge is -2.30. The van der Waals surface area contributed by atoms with Gasteiger partial charge >= 0.3 is 5.97 Å². The van der Waals surface area contributed by atoms with Crippen molar-refractivity contribution in [3.63, 3.8) is 0 Å². The number of esters is 1. The minimum Gasteiger partial charge on any atom is -0.468 e. The summed E-state index contributed by atoms with van der Waals surface area (Å²) in [6, 6.07) is 9.58. The van der Waals surface area contributed by atoms with Crippen LogP contribution in [0.1, 0.15) is 5.56 Å². The Morgan fingerprint density at radius 3 is 2.63 bits per heavy atom. The van der Waals surface area contributed by atoms with Crippen LogP contribution in [0.2, 0.25) is 0 Å². The van der Waals surface area contributed by atoms with E-state index in [-0.39, 0.29) is 0 Å². The maximum absolute atomic E-state index is 11.8. The van der Waals surface area contributed by atoms with Crippen LogP contribution in [0.5, 0.6) is 0 Å². The predicted molar refractivity (Wildman–Crippen MR) is 79.7 cm³/mol. The average molecular weight is 343 g/mol. The van der Waals surface area contributed by atoms with Crippen LogP contribution in [0.15, 0.2) is 47.5 Å². The first-order valence-electron chi connectivity index (χ1n) is 5.67. The van der Waals surface area contributed by atoms with Gasteiger partial charge in [-0.05, 0) is 17.2 Å². The number of hydrogen-bond donors (Lipinski definition) is 1. The summed E-state index contributed by atoms with van der Waals surface area (Å²) in [5, 5.41) is 0.505. The van der Waals surface area contributed by atoms with Crippen LogP contribution in [-0.2, 0) is 9.53 Å². The molecule has 100 valence electrons. The lowest BCUT2D eigenvalue weighted by Crippen LogP contribution is -2.44. The van der Waals surface area contributed by atoms with Crippen LogP contribution in [0.25, 0.3) is 5.57 Å². The zero-order valence-corrected chi connectivity index (χ0v) is 12.6. The van der Waals surface area contributed by atoms with E-state index in [4.69, 9.17) is 22.1 Å². The zero-order valence-electron chi connectivity index (χ0n) is 10.3. The van der Waals surface area contributed by atoms with Gasteiger partial charge in [0.1, 0.15) is 10.4 Å². The van der Waals surface area contributed by atoms with Crippen molar-refractivity contribution >= 4 is 39.1 Å². The van der Waals surface area contributed by atoms with Gasteiger partial charge in [0, 0.05) is 5.03 Å². The fraction of sp³-hybridized carbons (Fsp3) is 0.214. The van der Waals surface area contributed by atoms with Crippen molar-refractivity contribution in [1.29, 1.82) is 0 Å². The van der Waals surface area contributed by atoms with Crippen LogP contribution < -0.4 is 5.73 Å². The quantitative estimate of drug-likeness (QED) is 0.510. The number of hydrogen-bond acceptors (Lipinski definition) is 3. The van der Waals surface area contributed by atoms with E-state index in [0.717, 1.165) is 11.1 Å². The highest BCUT2D eigenvalue weighted by atomic mass is 79.9. The van der Waals surface area contributed by atoms with Gasteiger partial charge in [0.2, 0.25) is 0 Å². The van der Waals surface area contributed by atoms with Gasteiger partial charge in [-0.25, -0.2) is 0 Å². The molecule has 0 saturated heterocycles. The summed E-state index contributed by atoms with van der Waals surface area (Å²) in [5.41, 5.74) is 7.75. The molecule has 0 bridgehead atoms. The number of halogens is 2. The molecular weight excluding hydrogens is 330 g/mol. The molecule has 0 aromatic heterocycles. The van der Waals surface area contributed by atoms with E-state index in [9.17, 15) is 4.79 Å². The summed E-state index contributed by atoms with van der Waals surface area (Å²) in [4.78, 5) is 11.8. The van der Waals surface area contributed by atoms with Crippen molar-refractivity contribution in [1.82, 2.24) is 0 Å². The molecule has 1 aliphatic carbocycles. The highest BCUT2D eigenvalue weighted by Gasteiger charge is 2.39. The summed E-state index contributed by atoms with van der Waals surface area (Å²) in [6.07, 6.45) is 3.36. The number of alkyl halides is 1. The van der Waals surface area contributed by atoms with Gasteiger partial charge in [0.15, 0.2) is 0 Å². The smallest absolute Gasteiger partial charge is 0.315 e. The normalized spacial score (nSPS) is 26.4. The van der Waals surface area contributed by atoms with E-state index in [1.165, 1.54) is 7.11 Å². The molecule has 5 heteroatoms. The first-order chi connectivity index (χ1) is 8.95. The summed E-state index contributed by atoms with van der Waals surface area (Å²) in [5.74, 6) is -1.04. The number of ether oxygens (including phenoxy) is 1. The molecular formula is C14H13BrClNO2. The van der Waals surface area contributed by atoms with Crippen molar-refractivity contribution in [3.05, 3.63) is 53.1 Å². The lowest BCUT2D eigenvalue weighted by atomic mass is 9.89. The van der Waals surface area contributed by atoms with Crippen LogP contribution in [0.3, 0.4) is 0 Å². The number of allylic oxidation sites excluding steroid dienone is 2. The Kier molecular flexibility index (Phi) is 4.13. The SMILES string of the molecule is COC(=O)[C@H]1C=C(c2ccccc2)C(Cl)=C[C@@]1(N)Br. The molecule has 0 heterocycles. The summed E-state index contributed by atoms with van der Waals surface area (Å²) < 4.78 is 3.75. The molecule has 19 heavy (non-hydrogen) atoms. The molecule has 1 aliphatic rings. The average Bonchev–Trinajstić information content (AvgIpc) is 2.38. The number of methoxy groups -OCH3 is 1. The fourth-order valence-electron chi connectivity index (χ4n) is 1.96. The van der Waals surface area contributed by atoms with E-state index in [2.05, 4.69) is 15.9 Å². The van der Waals surface area contributed by atoms with Crippen molar-refractivity contribution in [3.8, 4) is 0 Å². The van der Waals surface area contributed by atoms with E-state index >= 15 is 0 Å². The highest BCUT2D eigenvalue weighted by Crippen LogP contribution is 2.40. The molecule has 0 aliphatic heterocycles. The van der Waals surface area contributed by atoms with Gasteiger partial charge in [-0.15, -0.1) is 0 Å². The number of rotatable bonds is 2. The molecule has 0 fully saturated rings. The van der Waals surface area contributed by atoms with E-state index in [0.29, 0.717) is 5.03 Å². The minimum atomic E-state index is -1.03. The molecule has 0 unspecified atom stereocenters. The van der Waals surface area contributed by atoms with Crippen molar-refractivity contribution in [2.24, 2.45) is 11.7 Å². The van der Waals surface area contributed by atoms with Crippen molar-refractivity contribution in [2.75, 3.05) is 7.11 Å². The van der Waals surface area contributed by atoms with Crippen LogP contribution in [0.4, 0.5) is 0 Å². The standard InChI is InChI=1S/C14H13BrClNO2/c1-19-13(18)11-7-10(9-5-3-2-4-6-9)12(16)8-14(11,15)17/h2-8,11H,17H2,1H3/t11-,14+/m1/s1. The second-order valence-electron chi connectivity index (χ2n) is 4.27. The third kappa shape index (κ3) is 2.91. The summed E-state index contributed by atoms with van der Waals surface area (Å²) >= 11 is 9.56. The van der Waals surface area contributed by atoms with Crippen molar-refractivity contribution < 1.29 is 9.53 Å². The molecule has 0 saturated carbocycles. The maximum atomic E-state index is 11.8. The largest absolute Gasteiger partial charge is 0.468 e. The summed E-state index contributed by atoms with van der Waals surface area (Å²) in [6.45, 7) is 0. The molecule has 3 nitrogen and oxygen atoms in total. The molecule has 2 rings (SSSR count). The van der Waals surface area contributed by atoms with Gasteiger partial charge in [0.25, 0.3) is 0 Å². The Morgan fingerprint density at radius 1 is 1.42 bits per heavy atom. The van der Waals surface area contributed by atoms with E-state index in [1.807, 2.05) is 30.3 Å². The second kappa shape index (κ2) is 5.49. The second-order valence-corrected chi connectivity index (χ2v) is 6.05. The van der Waals surface area contributed by atoms with Crippen LogP contribution in [-0.4, -0.2) is 17.5 Å². The first-order valence-corrected chi connectivity index (χ1v) is 6.84. The van der Waals surface area contributed by atoms with Gasteiger partial charge < -0.3 is 10.5 Å². The number of nitrogens with two attached hydrogens (primary N) is 1. The van der Waals surface area contributed by atoms with Gasteiger partial charge in [-0.3, -0.25) is 4.79 Å². The molecule has 0 radical (unpaired) electrons. The zero-order chi connectivity index (χ0) is 14.0. The first kappa shape index (κ1) is 14.3. The third-order valence-corrected chi connectivity index (χ3v) is 3.99. The van der Waals surface area contributed by atoms with E-state index < -0.39 is 16.3 Å². The Bertz CT molecular complexity index is 552. The highest BCUT2D eigenvalue weighted by molar-refractivity contribution is 9.10. The van der Waals surface area contributed by atoms with Gasteiger partial charge in [0.05, 0.1) is 7.11 Å². The minimum absolute atomic E-state index is 0.409. The fourth-order valence-corrected chi connectivity index (χ4v) is 3.00. The number of benzene rings is 1. The predicted octanol–water partition coefficient (Wildman–Crippen LogP) is 3.05. The Balaban J connectivity index is 2.47. The lowest BCUT2D eigenvalue weighted by molar-refractivity contribution is -0.144. The topological polar surface area (TPSA) is 52.3 Å². The molecule has 0 amide bonds. The van der Waals surface area contributed by atoms with Crippen LogP contribution in [0, 0.1) is 5.92 Å². The van der Waals surface area contributed by atoms with Crippen LogP contribution >= 0.6 is 27.5 Å². The molecule has 1 aromatic rings. The van der Waals surface area contributed by atoms with Gasteiger partial charge in [-0.1, -0.05) is 63.9 Å². The molecule has 0 spiro atoms. The monoisotopic (exact) mass is 341 g/mol. The Morgan fingerprint density at radius 2 is 2.05 bits per heavy atom. The third-order valence-electron chi connectivity index (χ3n) is 2.96. The Labute approximate surface area is 125 Å². The van der Waals surface area contributed by atoms with Gasteiger partial charge in [-0.2, -0.15) is 0 Å². The molecule has 1 aromatic carbocycles.